The average molecular weight is 347 g/mol. The molecule has 2 heterocycles. The zero-order valence-corrected chi connectivity index (χ0v) is 15.7. The van der Waals surface area contributed by atoms with E-state index in [4.69, 9.17) is 4.74 Å². The van der Waals surface area contributed by atoms with Gasteiger partial charge in [-0.15, -0.1) is 0 Å². The number of carbonyl (C=O) groups excluding carboxylic acids is 2. The Morgan fingerprint density at radius 3 is 2.72 bits per heavy atom. The largest absolute Gasteiger partial charge is 0.444 e. The fourth-order valence-electron chi connectivity index (χ4n) is 2.92. The smallest absolute Gasteiger partial charge is 0.410 e. The summed E-state index contributed by atoms with van der Waals surface area (Å²) >= 11 is 0. The van der Waals surface area contributed by atoms with E-state index in [0.29, 0.717) is 25.9 Å². The molecule has 1 fully saturated rings. The molecule has 0 N–H and O–H groups in total. The Hall–Kier alpha value is -2.11. The molecule has 0 aromatic carbocycles. The number of piperidine rings is 1. The van der Waals surface area contributed by atoms with Crippen molar-refractivity contribution in [2.45, 2.75) is 58.1 Å². The van der Waals surface area contributed by atoms with Crippen molar-refractivity contribution in [2.24, 2.45) is 0 Å². The van der Waals surface area contributed by atoms with Crippen molar-refractivity contribution in [2.75, 3.05) is 20.1 Å². The van der Waals surface area contributed by atoms with Crippen molar-refractivity contribution in [3.63, 3.8) is 0 Å². The van der Waals surface area contributed by atoms with Crippen LogP contribution in [0.4, 0.5) is 4.79 Å². The number of nitrogens with zero attached hydrogens (tertiary/aromatic N) is 3. The van der Waals surface area contributed by atoms with Gasteiger partial charge in [0, 0.05) is 38.4 Å². The minimum Gasteiger partial charge on any atom is -0.444 e. The number of carbonyl (C=O) groups is 2. The van der Waals surface area contributed by atoms with E-state index in [1.165, 1.54) is 0 Å². The highest BCUT2D eigenvalue weighted by Crippen LogP contribution is 2.22. The Morgan fingerprint density at radius 2 is 2.08 bits per heavy atom. The Balaban J connectivity index is 1.97. The van der Waals surface area contributed by atoms with Crippen molar-refractivity contribution >= 4 is 12.0 Å². The zero-order valence-electron chi connectivity index (χ0n) is 15.7. The first kappa shape index (κ1) is 19.2. The summed E-state index contributed by atoms with van der Waals surface area (Å²) in [4.78, 5) is 32.9. The Kier molecular flexibility index (Phi) is 6.39. The van der Waals surface area contributed by atoms with Gasteiger partial charge in [0.05, 0.1) is 0 Å². The van der Waals surface area contributed by atoms with Crippen molar-refractivity contribution < 1.29 is 14.3 Å². The van der Waals surface area contributed by atoms with Crippen LogP contribution in [0.15, 0.2) is 24.4 Å². The van der Waals surface area contributed by atoms with Crippen LogP contribution in [0.25, 0.3) is 0 Å². The molecule has 0 spiro atoms. The summed E-state index contributed by atoms with van der Waals surface area (Å²) in [6.07, 6.45) is 4.59. The Labute approximate surface area is 150 Å². The van der Waals surface area contributed by atoms with Gasteiger partial charge in [0.25, 0.3) is 0 Å². The van der Waals surface area contributed by atoms with E-state index in [2.05, 4.69) is 4.98 Å². The second-order valence-corrected chi connectivity index (χ2v) is 7.52. The van der Waals surface area contributed by atoms with Crippen LogP contribution in [-0.2, 0) is 16.0 Å². The number of pyridine rings is 1. The predicted octanol–water partition coefficient (Wildman–Crippen LogP) is 2.87. The maximum Gasteiger partial charge on any atom is 0.410 e. The highest BCUT2D eigenvalue weighted by Gasteiger charge is 2.36. The molecule has 2 amide bonds. The lowest BCUT2D eigenvalue weighted by Gasteiger charge is -2.37. The van der Waals surface area contributed by atoms with E-state index in [9.17, 15) is 9.59 Å². The van der Waals surface area contributed by atoms with Gasteiger partial charge < -0.3 is 9.64 Å². The number of ether oxygens (including phenoxy) is 1. The first-order valence-corrected chi connectivity index (χ1v) is 8.92. The number of hydrogen-bond acceptors (Lipinski definition) is 4. The third kappa shape index (κ3) is 5.73. The van der Waals surface area contributed by atoms with Gasteiger partial charge in [0.2, 0.25) is 5.91 Å². The maximum atomic E-state index is 12.9. The third-order valence-electron chi connectivity index (χ3n) is 4.22. The van der Waals surface area contributed by atoms with E-state index in [1.54, 1.807) is 23.0 Å². The van der Waals surface area contributed by atoms with Crippen LogP contribution in [0.1, 0.15) is 45.7 Å². The van der Waals surface area contributed by atoms with Crippen LogP contribution >= 0.6 is 0 Å². The lowest BCUT2D eigenvalue weighted by atomic mass is 10.0. The molecule has 0 radical (unpaired) electrons. The molecule has 6 nitrogen and oxygen atoms in total. The number of aromatic nitrogens is 1. The summed E-state index contributed by atoms with van der Waals surface area (Å²) < 4.78 is 5.47. The molecule has 1 aromatic heterocycles. The molecule has 6 heteroatoms. The van der Waals surface area contributed by atoms with Crippen LogP contribution in [0.3, 0.4) is 0 Å². The van der Waals surface area contributed by atoms with Gasteiger partial charge in [-0.2, -0.15) is 0 Å². The first-order chi connectivity index (χ1) is 11.8. The van der Waals surface area contributed by atoms with E-state index < -0.39 is 17.7 Å². The van der Waals surface area contributed by atoms with Crippen molar-refractivity contribution in [1.29, 1.82) is 0 Å². The van der Waals surface area contributed by atoms with Gasteiger partial charge in [0.1, 0.15) is 11.6 Å². The summed E-state index contributed by atoms with van der Waals surface area (Å²) in [5.74, 6) is -0.0264. The molecule has 2 rings (SSSR count). The third-order valence-corrected chi connectivity index (χ3v) is 4.22. The normalized spacial score (nSPS) is 17.9. The SMILES string of the molecule is CN(CCc1ccccn1)C(=O)C1CCCCN1C(=O)OC(C)(C)C. The van der Waals surface area contributed by atoms with Crippen molar-refractivity contribution in [3.8, 4) is 0 Å². The summed E-state index contributed by atoms with van der Waals surface area (Å²) in [6, 6.07) is 5.33. The predicted molar refractivity (Wildman–Crippen MR) is 96.2 cm³/mol. The lowest BCUT2D eigenvalue weighted by molar-refractivity contribution is -0.136. The Morgan fingerprint density at radius 1 is 1.32 bits per heavy atom. The maximum absolute atomic E-state index is 12.9. The lowest BCUT2D eigenvalue weighted by Crippen LogP contribution is -2.53. The molecule has 1 aliphatic rings. The molecule has 1 unspecified atom stereocenters. The molecule has 138 valence electrons. The van der Waals surface area contributed by atoms with Gasteiger partial charge in [0.15, 0.2) is 0 Å². The van der Waals surface area contributed by atoms with Gasteiger partial charge in [-0.3, -0.25) is 14.7 Å². The van der Waals surface area contributed by atoms with Gasteiger partial charge in [-0.1, -0.05) is 6.07 Å². The van der Waals surface area contributed by atoms with Crippen LogP contribution in [-0.4, -0.2) is 58.6 Å². The standard InChI is InChI=1S/C19H29N3O3/c1-19(2,3)25-18(24)22-13-8-6-10-16(22)17(23)21(4)14-11-15-9-5-7-12-20-15/h5,7,9,12,16H,6,8,10-11,13-14H2,1-4H3. The van der Waals surface area contributed by atoms with Gasteiger partial charge in [-0.05, 0) is 52.2 Å². The molecule has 1 aromatic rings. The summed E-state index contributed by atoms with van der Waals surface area (Å²) in [7, 11) is 1.78. The monoisotopic (exact) mass is 347 g/mol. The first-order valence-electron chi connectivity index (χ1n) is 8.92. The number of rotatable bonds is 4. The summed E-state index contributed by atoms with van der Waals surface area (Å²) in [5.41, 5.74) is 0.391. The van der Waals surface area contributed by atoms with Crippen molar-refractivity contribution in [1.82, 2.24) is 14.8 Å². The number of amides is 2. The summed E-state index contributed by atoms with van der Waals surface area (Å²) in [5, 5.41) is 0. The second kappa shape index (κ2) is 8.32. The quantitative estimate of drug-likeness (QED) is 0.840. The Bertz CT molecular complexity index is 583. The fraction of sp³-hybridized carbons (Fsp3) is 0.632. The van der Waals surface area contributed by atoms with Crippen LogP contribution < -0.4 is 0 Å². The van der Waals surface area contributed by atoms with Gasteiger partial charge >= 0.3 is 6.09 Å². The zero-order chi connectivity index (χ0) is 18.4. The van der Waals surface area contributed by atoms with Crippen LogP contribution in [0.2, 0.25) is 0 Å². The molecule has 0 aliphatic carbocycles. The molecule has 25 heavy (non-hydrogen) atoms. The molecule has 0 bridgehead atoms. The summed E-state index contributed by atoms with van der Waals surface area (Å²) in [6.45, 7) is 6.66. The highest BCUT2D eigenvalue weighted by molar-refractivity contribution is 5.85. The van der Waals surface area contributed by atoms with E-state index in [0.717, 1.165) is 18.5 Å². The van der Waals surface area contributed by atoms with Crippen LogP contribution in [0, 0.1) is 0 Å². The second-order valence-electron chi connectivity index (χ2n) is 7.52. The number of likely N-dealkylation sites (N-methyl/N-ethyl adjacent to an activating group) is 1. The fourth-order valence-corrected chi connectivity index (χ4v) is 2.92. The number of hydrogen-bond donors (Lipinski definition) is 0. The number of likely N-dealkylation sites (tertiary alicyclic amines) is 1. The molecular formula is C19H29N3O3. The van der Waals surface area contributed by atoms with Gasteiger partial charge in [-0.25, -0.2) is 4.79 Å². The average Bonchev–Trinajstić information content (AvgIpc) is 2.58. The van der Waals surface area contributed by atoms with Crippen LogP contribution in [0.5, 0.6) is 0 Å². The van der Waals surface area contributed by atoms with E-state index >= 15 is 0 Å². The topological polar surface area (TPSA) is 62.7 Å². The molecule has 0 saturated carbocycles. The minimum absolute atomic E-state index is 0.0264. The van der Waals surface area contributed by atoms with Crippen molar-refractivity contribution in [3.05, 3.63) is 30.1 Å². The molecule has 1 saturated heterocycles. The minimum atomic E-state index is -0.562. The van der Waals surface area contributed by atoms with E-state index in [-0.39, 0.29) is 5.91 Å². The molecule has 1 aliphatic heterocycles. The van der Waals surface area contributed by atoms with E-state index in [1.807, 2.05) is 39.0 Å². The highest BCUT2D eigenvalue weighted by atomic mass is 16.6. The molecular weight excluding hydrogens is 318 g/mol. The molecule has 1 atom stereocenters.